The molecular formula is C35H49N7O16S3. The Kier molecular flexibility index (Phi) is 24.9. The maximum absolute atomic E-state index is 13.4. The van der Waals surface area contributed by atoms with E-state index < -0.39 is 114 Å². The molecule has 13 N–H and O–H groups in total. The summed E-state index contributed by atoms with van der Waals surface area (Å²) in [5.41, 5.74) is 5.45. The SMILES string of the molecule is C[C@H](CCC(=O)N[C@@H](CC(=O)O)C(=O)N[C@H](Cc1ccccc1)C(=O)N[C@H](CSSCCOC(N)=O)C(=O)O)NC(=O)CC[C@H](NC(=S)N[C@@H](CCC(=O)O)C(=O)O)C(=O)O. The normalized spacial score (nSPS) is 13.6. The lowest BCUT2D eigenvalue weighted by atomic mass is 10.0. The topological polar surface area (TPSA) is 379 Å². The largest absolute Gasteiger partial charge is 0.481 e. The minimum Gasteiger partial charge on any atom is -0.481 e. The first-order chi connectivity index (χ1) is 28.7. The highest BCUT2D eigenvalue weighted by molar-refractivity contribution is 8.76. The summed E-state index contributed by atoms with van der Waals surface area (Å²) in [6, 6.07) is 0.210. The van der Waals surface area contributed by atoms with Crippen molar-refractivity contribution in [3.63, 3.8) is 0 Å². The zero-order chi connectivity index (χ0) is 46.1. The van der Waals surface area contributed by atoms with Crippen LogP contribution in [0.25, 0.3) is 0 Å². The third-order valence-electron chi connectivity index (χ3n) is 8.02. The standard InChI is InChI=1S/C35H49N7O16S3/c1-18(37-25(43)11-8-20(31(51)52)41-35(59)42-21(32(53)54)9-12-27(45)46)7-10-26(44)38-23(16-28(47)48)30(50)39-22(15-19-5-3-2-4-6-19)29(49)40-24(33(55)56)17-61-60-14-13-58-34(36)57/h2-6,18,20-24H,7-17H2,1H3,(H2,36,57)(H,37,43)(H,38,44)(H,39,50)(H,40,49)(H,45,46)(H,47,48)(H,51,52)(H,53,54)(H,55,56)(H2,41,42,59)/t18-,20+,21+,22-,23+,24-/m1/s1. The van der Waals surface area contributed by atoms with Crippen molar-refractivity contribution in [2.75, 3.05) is 18.1 Å². The molecular weight excluding hydrogens is 871 g/mol. The first-order valence-electron chi connectivity index (χ1n) is 18.3. The van der Waals surface area contributed by atoms with Gasteiger partial charge in [0.15, 0.2) is 5.11 Å². The summed E-state index contributed by atoms with van der Waals surface area (Å²) in [6.07, 6.45) is -3.88. The fourth-order valence-corrected chi connectivity index (χ4v) is 7.23. The Balaban J connectivity index is 2.86. The van der Waals surface area contributed by atoms with Crippen LogP contribution in [-0.2, 0) is 54.3 Å². The maximum atomic E-state index is 13.4. The van der Waals surface area contributed by atoms with Gasteiger partial charge >= 0.3 is 35.9 Å². The van der Waals surface area contributed by atoms with E-state index in [1.54, 1.807) is 30.3 Å². The average Bonchev–Trinajstić information content (AvgIpc) is 3.17. The summed E-state index contributed by atoms with van der Waals surface area (Å²) in [5.74, 6) is -10.2. The fourth-order valence-electron chi connectivity index (χ4n) is 4.96. The molecule has 5 amide bonds. The summed E-state index contributed by atoms with van der Waals surface area (Å²) in [6.45, 7) is 1.49. The first kappa shape index (κ1) is 53.1. The van der Waals surface area contributed by atoms with Crippen LogP contribution in [0.3, 0.4) is 0 Å². The average molecular weight is 920 g/mol. The molecule has 61 heavy (non-hydrogen) atoms. The fraction of sp³-hybridized carbons (Fsp3) is 0.514. The molecule has 0 bridgehead atoms. The van der Waals surface area contributed by atoms with Crippen LogP contribution in [0.1, 0.15) is 57.4 Å². The molecule has 0 saturated heterocycles. The van der Waals surface area contributed by atoms with Crippen LogP contribution in [0.2, 0.25) is 0 Å². The molecule has 0 heterocycles. The third kappa shape index (κ3) is 24.1. The molecule has 0 aliphatic heterocycles. The third-order valence-corrected chi connectivity index (χ3v) is 10.6. The Morgan fingerprint density at radius 3 is 1.70 bits per heavy atom. The van der Waals surface area contributed by atoms with E-state index in [0.717, 1.165) is 21.6 Å². The van der Waals surface area contributed by atoms with Gasteiger partial charge in [0, 0.05) is 43.2 Å². The molecule has 1 aromatic rings. The van der Waals surface area contributed by atoms with Crippen molar-refractivity contribution in [3.05, 3.63) is 35.9 Å². The lowest BCUT2D eigenvalue weighted by molar-refractivity contribution is -0.142. The van der Waals surface area contributed by atoms with E-state index in [1.807, 2.05) is 0 Å². The van der Waals surface area contributed by atoms with Gasteiger partial charge in [-0.15, -0.1) is 0 Å². The van der Waals surface area contributed by atoms with Crippen LogP contribution in [0.15, 0.2) is 30.3 Å². The summed E-state index contributed by atoms with van der Waals surface area (Å²) in [4.78, 5) is 121. The lowest BCUT2D eigenvalue weighted by Gasteiger charge is -2.24. The minimum atomic E-state index is -1.69. The van der Waals surface area contributed by atoms with Gasteiger partial charge in [0.2, 0.25) is 23.6 Å². The van der Waals surface area contributed by atoms with Gasteiger partial charge in [-0.1, -0.05) is 51.9 Å². The number of carbonyl (C=O) groups excluding carboxylic acids is 5. The van der Waals surface area contributed by atoms with Crippen molar-refractivity contribution in [2.24, 2.45) is 5.73 Å². The molecule has 0 radical (unpaired) electrons. The lowest BCUT2D eigenvalue weighted by Crippen LogP contribution is -2.57. The quantitative estimate of drug-likeness (QED) is 0.0251. The van der Waals surface area contributed by atoms with Gasteiger partial charge in [-0.2, -0.15) is 0 Å². The highest BCUT2D eigenvalue weighted by Crippen LogP contribution is 2.22. The smallest absolute Gasteiger partial charge is 0.404 e. The number of carboxylic acids is 5. The van der Waals surface area contributed by atoms with Crippen molar-refractivity contribution in [3.8, 4) is 0 Å². The molecule has 0 aromatic heterocycles. The van der Waals surface area contributed by atoms with Crippen molar-refractivity contribution < 1.29 is 78.2 Å². The number of benzene rings is 1. The molecule has 0 saturated carbocycles. The first-order valence-corrected chi connectivity index (χ1v) is 21.2. The van der Waals surface area contributed by atoms with E-state index in [0.29, 0.717) is 5.56 Å². The number of nitrogens with two attached hydrogens (primary N) is 1. The number of primary amides is 1. The van der Waals surface area contributed by atoms with Crippen molar-refractivity contribution in [1.82, 2.24) is 31.9 Å². The van der Waals surface area contributed by atoms with Gasteiger partial charge in [0.1, 0.15) is 36.8 Å². The molecule has 338 valence electrons. The number of aliphatic carboxylic acids is 5. The Morgan fingerprint density at radius 1 is 0.639 bits per heavy atom. The highest BCUT2D eigenvalue weighted by Gasteiger charge is 2.31. The number of carboxylic acid groups (broad SMARTS) is 5. The number of nitrogens with one attached hydrogen (secondary N) is 6. The Hall–Kier alpha value is -5.89. The zero-order valence-electron chi connectivity index (χ0n) is 32.7. The van der Waals surface area contributed by atoms with E-state index >= 15 is 0 Å². The monoisotopic (exact) mass is 919 g/mol. The van der Waals surface area contributed by atoms with Crippen LogP contribution in [-0.4, -0.2) is 145 Å². The molecule has 0 aliphatic carbocycles. The summed E-state index contributed by atoms with van der Waals surface area (Å²) in [7, 11) is 2.21. The predicted octanol–water partition coefficient (Wildman–Crippen LogP) is -0.980. The molecule has 23 nitrogen and oxygen atoms in total. The Bertz CT molecular complexity index is 1720. The molecule has 1 aromatic carbocycles. The van der Waals surface area contributed by atoms with Crippen LogP contribution in [0, 0.1) is 0 Å². The summed E-state index contributed by atoms with van der Waals surface area (Å²) in [5, 5.41) is 60.8. The molecule has 1 rings (SSSR count). The summed E-state index contributed by atoms with van der Waals surface area (Å²) >= 11 is 4.97. The highest BCUT2D eigenvalue weighted by atomic mass is 33.1. The molecule has 0 spiro atoms. The van der Waals surface area contributed by atoms with Gasteiger partial charge in [-0.25, -0.2) is 19.2 Å². The van der Waals surface area contributed by atoms with Crippen molar-refractivity contribution in [2.45, 2.75) is 94.5 Å². The van der Waals surface area contributed by atoms with Gasteiger partial charge in [-0.05, 0) is 44.0 Å². The van der Waals surface area contributed by atoms with E-state index in [2.05, 4.69) is 36.6 Å². The van der Waals surface area contributed by atoms with Gasteiger partial charge in [0.25, 0.3) is 0 Å². The molecule has 0 aliphatic rings. The molecule has 0 unspecified atom stereocenters. The summed E-state index contributed by atoms with van der Waals surface area (Å²) < 4.78 is 4.60. The van der Waals surface area contributed by atoms with Crippen LogP contribution < -0.4 is 37.6 Å². The zero-order valence-corrected chi connectivity index (χ0v) is 35.1. The van der Waals surface area contributed by atoms with Crippen LogP contribution in [0.4, 0.5) is 4.79 Å². The Labute approximate surface area is 361 Å². The Morgan fingerprint density at radius 2 is 1.16 bits per heavy atom. The number of carbonyl (C=O) groups is 10. The second kappa shape index (κ2) is 28.6. The number of thiocarbonyl (C=S) groups is 1. The van der Waals surface area contributed by atoms with Gasteiger partial charge in [0.05, 0.1) is 6.42 Å². The number of amides is 5. The molecule has 6 atom stereocenters. The minimum absolute atomic E-state index is 0.0232. The maximum Gasteiger partial charge on any atom is 0.404 e. The second-order valence-electron chi connectivity index (χ2n) is 13.0. The van der Waals surface area contributed by atoms with Gasteiger partial charge < -0.3 is 67.9 Å². The van der Waals surface area contributed by atoms with Gasteiger partial charge in [-0.3, -0.25) is 28.8 Å². The number of rotatable bonds is 30. The van der Waals surface area contributed by atoms with E-state index in [-0.39, 0.29) is 56.6 Å². The molecule has 26 heteroatoms. The molecule has 0 fully saturated rings. The van der Waals surface area contributed by atoms with Crippen molar-refractivity contribution in [1.29, 1.82) is 0 Å². The predicted molar refractivity (Wildman–Crippen MR) is 221 cm³/mol. The van der Waals surface area contributed by atoms with Crippen LogP contribution in [0.5, 0.6) is 0 Å². The van der Waals surface area contributed by atoms with Crippen LogP contribution >= 0.6 is 33.8 Å². The second-order valence-corrected chi connectivity index (χ2v) is 16.1. The van der Waals surface area contributed by atoms with E-state index in [1.165, 1.54) is 6.92 Å². The van der Waals surface area contributed by atoms with E-state index in [4.69, 9.17) is 23.1 Å². The number of ether oxygens (including phenoxy) is 1. The number of hydrogen-bond acceptors (Lipinski definition) is 14. The number of hydrogen-bond donors (Lipinski definition) is 12. The van der Waals surface area contributed by atoms with E-state index in [9.17, 15) is 68.4 Å². The van der Waals surface area contributed by atoms with Crippen molar-refractivity contribution >= 4 is 98.5 Å².